The van der Waals surface area contributed by atoms with E-state index in [-0.39, 0.29) is 0 Å². The van der Waals surface area contributed by atoms with Crippen LogP contribution in [0.3, 0.4) is 0 Å². The number of rotatable bonds is 6. The number of aryl methyl sites for hydroxylation is 1. The molecule has 0 aliphatic rings. The number of hydrogen-bond donors (Lipinski definition) is 1. The van der Waals surface area contributed by atoms with E-state index in [1.165, 1.54) is 0 Å². The van der Waals surface area contributed by atoms with Gasteiger partial charge in [0.1, 0.15) is 17.2 Å². The molecule has 0 aliphatic heterocycles. The highest BCUT2D eigenvalue weighted by Crippen LogP contribution is 2.33. The van der Waals surface area contributed by atoms with Gasteiger partial charge in [0, 0.05) is 17.7 Å². The fourth-order valence-electron chi connectivity index (χ4n) is 2.67. The Balaban J connectivity index is 2.10. The first kappa shape index (κ1) is 18.7. The quantitative estimate of drug-likeness (QED) is 0.517. The number of aromatic nitrogens is 3. The highest BCUT2D eigenvalue weighted by Gasteiger charge is 2.13. The van der Waals surface area contributed by atoms with Gasteiger partial charge in [0.15, 0.2) is 5.82 Å². The molecule has 3 aromatic rings. The van der Waals surface area contributed by atoms with Gasteiger partial charge in [-0.3, -0.25) is 0 Å². The number of methoxy groups -OCH3 is 3. The summed E-state index contributed by atoms with van der Waals surface area (Å²) in [5.41, 5.74) is 2.68. The summed E-state index contributed by atoms with van der Waals surface area (Å²) in [7, 11) is 4.74. The number of aromatic amines is 1. The Hall–Kier alpha value is -3.13. The highest BCUT2D eigenvalue weighted by molar-refractivity contribution is 7.71. The van der Waals surface area contributed by atoms with Crippen molar-refractivity contribution < 1.29 is 14.2 Å². The van der Waals surface area contributed by atoms with Crippen molar-refractivity contribution in [2.24, 2.45) is 5.10 Å². The third-order valence-corrected chi connectivity index (χ3v) is 4.36. The van der Waals surface area contributed by atoms with Gasteiger partial charge in [0.05, 0.1) is 33.1 Å². The van der Waals surface area contributed by atoms with Gasteiger partial charge < -0.3 is 14.2 Å². The Bertz CT molecular complexity index is 1010. The maximum Gasteiger partial charge on any atom is 0.216 e. The van der Waals surface area contributed by atoms with Crippen LogP contribution in [0.25, 0.3) is 11.4 Å². The van der Waals surface area contributed by atoms with E-state index in [0.29, 0.717) is 33.4 Å². The molecule has 8 heteroatoms. The summed E-state index contributed by atoms with van der Waals surface area (Å²) >= 11 is 5.34. The van der Waals surface area contributed by atoms with Gasteiger partial charge in [-0.05, 0) is 24.7 Å². The standard InChI is InChI=1S/C19H20N4O3S/c1-12-7-5-6-8-14(12)18-21-22-19(27)23(18)20-11-15-16(25-3)9-13(24-2)10-17(15)26-4/h5-11H,1-4H3,(H,22,27)/b20-11-. The molecule has 0 bridgehead atoms. The summed E-state index contributed by atoms with van der Waals surface area (Å²) in [6.45, 7) is 2.01. The molecule has 0 unspecified atom stereocenters. The van der Waals surface area contributed by atoms with Crippen molar-refractivity contribution in [1.82, 2.24) is 14.9 Å². The summed E-state index contributed by atoms with van der Waals surface area (Å²) in [5.74, 6) is 2.40. The first-order valence-corrected chi connectivity index (χ1v) is 8.57. The Morgan fingerprint density at radius 2 is 1.74 bits per heavy atom. The predicted octanol–water partition coefficient (Wildman–Crippen LogP) is 3.82. The summed E-state index contributed by atoms with van der Waals surface area (Å²) in [6, 6.07) is 11.4. The van der Waals surface area contributed by atoms with E-state index >= 15 is 0 Å². The van der Waals surface area contributed by atoms with E-state index in [9.17, 15) is 0 Å². The van der Waals surface area contributed by atoms with E-state index in [1.54, 1.807) is 44.4 Å². The third kappa shape index (κ3) is 3.70. The lowest BCUT2D eigenvalue weighted by Gasteiger charge is -2.12. The van der Waals surface area contributed by atoms with Crippen LogP contribution in [0, 0.1) is 11.7 Å². The molecule has 0 radical (unpaired) electrons. The molecule has 27 heavy (non-hydrogen) atoms. The van der Waals surface area contributed by atoms with Gasteiger partial charge in [-0.2, -0.15) is 14.9 Å². The van der Waals surface area contributed by atoms with Gasteiger partial charge in [-0.15, -0.1) is 0 Å². The fraction of sp³-hybridized carbons (Fsp3) is 0.211. The van der Waals surface area contributed by atoms with Crippen molar-refractivity contribution in [2.45, 2.75) is 6.92 Å². The minimum Gasteiger partial charge on any atom is -0.496 e. The topological polar surface area (TPSA) is 73.7 Å². The number of hydrogen-bond acceptors (Lipinski definition) is 6. The molecule has 1 heterocycles. The smallest absolute Gasteiger partial charge is 0.216 e. The Morgan fingerprint density at radius 1 is 1.07 bits per heavy atom. The summed E-state index contributed by atoms with van der Waals surface area (Å²) in [5, 5.41) is 11.6. The summed E-state index contributed by atoms with van der Waals surface area (Å²) < 4.78 is 18.1. The summed E-state index contributed by atoms with van der Waals surface area (Å²) in [4.78, 5) is 0. The zero-order chi connectivity index (χ0) is 19.4. The van der Waals surface area contributed by atoms with Gasteiger partial charge in [-0.25, -0.2) is 5.10 Å². The average Bonchev–Trinajstić information content (AvgIpc) is 3.06. The molecule has 0 atom stereocenters. The monoisotopic (exact) mass is 384 g/mol. The second kappa shape index (κ2) is 8.05. The normalized spacial score (nSPS) is 11.0. The van der Waals surface area contributed by atoms with Crippen LogP contribution in [0.15, 0.2) is 41.5 Å². The molecular weight excluding hydrogens is 364 g/mol. The first-order chi connectivity index (χ1) is 13.1. The molecule has 1 N–H and O–H groups in total. The van der Waals surface area contributed by atoms with E-state index in [0.717, 1.165) is 11.1 Å². The lowest BCUT2D eigenvalue weighted by molar-refractivity contribution is 0.374. The van der Waals surface area contributed by atoms with E-state index in [4.69, 9.17) is 26.4 Å². The van der Waals surface area contributed by atoms with Gasteiger partial charge >= 0.3 is 0 Å². The average molecular weight is 384 g/mol. The lowest BCUT2D eigenvalue weighted by Crippen LogP contribution is -2.00. The zero-order valence-electron chi connectivity index (χ0n) is 15.5. The van der Waals surface area contributed by atoms with Crippen LogP contribution in [0.1, 0.15) is 11.1 Å². The maximum atomic E-state index is 5.45. The molecule has 0 amide bonds. The molecule has 0 saturated carbocycles. The maximum absolute atomic E-state index is 5.45. The molecule has 0 fully saturated rings. The van der Waals surface area contributed by atoms with Crippen LogP contribution in [-0.4, -0.2) is 42.4 Å². The molecule has 140 valence electrons. The zero-order valence-corrected chi connectivity index (χ0v) is 16.3. The number of nitrogens with zero attached hydrogens (tertiary/aromatic N) is 3. The Kier molecular flexibility index (Phi) is 5.56. The molecule has 0 saturated heterocycles. The molecule has 1 aromatic heterocycles. The number of H-pyrrole nitrogens is 1. The first-order valence-electron chi connectivity index (χ1n) is 8.16. The summed E-state index contributed by atoms with van der Waals surface area (Å²) in [6.07, 6.45) is 1.63. The van der Waals surface area contributed by atoms with Crippen LogP contribution in [0.2, 0.25) is 0 Å². The SMILES string of the molecule is COc1cc(OC)c(/C=N\n2c(-c3ccccc3C)n[nH]c2=S)c(OC)c1. The van der Waals surface area contributed by atoms with Crippen LogP contribution in [-0.2, 0) is 0 Å². The lowest BCUT2D eigenvalue weighted by atomic mass is 10.1. The Morgan fingerprint density at radius 3 is 2.33 bits per heavy atom. The molecule has 0 aliphatic carbocycles. The number of ether oxygens (including phenoxy) is 3. The van der Waals surface area contributed by atoms with Crippen LogP contribution in [0.5, 0.6) is 17.2 Å². The predicted molar refractivity (Wildman–Crippen MR) is 107 cm³/mol. The van der Waals surface area contributed by atoms with E-state index < -0.39 is 0 Å². The minimum absolute atomic E-state index is 0.385. The minimum atomic E-state index is 0.385. The van der Waals surface area contributed by atoms with Gasteiger partial charge in [-0.1, -0.05) is 24.3 Å². The van der Waals surface area contributed by atoms with Crippen molar-refractivity contribution in [3.63, 3.8) is 0 Å². The number of benzene rings is 2. The molecule has 2 aromatic carbocycles. The van der Waals surface area contributed by atoms with E-state index in [2.05, 4.69) is 15.3 Å². The van der Waals surface area contributed by atoms with Crippen LogP contribution in [0.4, 0.5) is 0 Å². The molecular formula is C19H20N4O3S. The van der Waals surface area contributed by atoms with Crippen molar-refractivity contribution in [2.75, 3.05) is 21.3 Å². The van der Waals surface area contributed by atoms with Crippen molar-refractivity contribution in [3.05, 3.63) is 52.3 Å². The fourth-order valence-corrected chi connectivity index (χ4v) is 2.85. The molecule has 7 nitrogen and oxygen atoms in total. The van der Waals surface area contributed by atoms with Crippen molar-refractivity contribution in [1.29, 1.82) is 0 Å². The van der Waals surface area contributed by atoms with Crippen LogP contribution < -0.4 is 14.2 Å². The second-order valence-corrected chi connectivity index (χ2v) is 6.06. The van der Waals surface area contributed by atoms with Gasteiger partial charge in [0.25, 0.3) is 0 Å². The molecule has 0 spiro atoms. The Labute approximate surface area is 162 Å². The second-order valence-electron chi connectivity index (χ2n) is 5.67. The van der Waals surface area contributed by atoms with Crippen molar-refractivity contribution in [3.8, 4) is 28.6 Å². The largest absolute Gasteiger partial charge is 0.496 e. The number of nitrogens with one attached hydrogen (secondary N) is 1. The molecule has 3 rings (SSSR count). The van der Waals surface area contributed by atoms with Crippen molar-refractivity contribution >= 4 is 18.4 Å². The highest BCUT2D eigenvalue weighted by atomic mass is 32.1. The van der Waals surface area contributed by atoms with E-state index in [1.807, 2.05) is 31.2 Å². The van der Waals surface area contributed by atoms with Crippen LogP contribution >= 0.6 is 12.2 Å². The van der Waals surface area contributed by atoms with Gasteiger partial charge in [0.2, 0.25) is 4.77 Å². The third-order valence-electron chi connectivity index (χ3n) is 4.09.